The molecule has 0 radical (unpaired) electrons. The summed E-state index contributed by atoms with van der Waals surface area (Å²) in [6.45, 7) is -0.398. The molecule has 1 aliphatic rings. The van der Waals surface area contributed by atoms with E-state index in [4.69, 9.17) is 10.2 Å². The van der Waals surface area contributed by atoms with Crippen molar-refractivity contribution < 1.29 is 37.8 Å². The van der Waals surface area contributed by atoms with Crippen LogP contribution in [0.3, 0.4) is 0 Å². The molecule has 0 saturated carbocycles. The third-order valence-corrected chi connectivity index (χ3v) is 4.90. The molecule has 0 bridgehead atoms. The minimum Gasteiger partial charge on any atom is -0.479 e. The van der Waals surface area contributed by atoms with Crippen molar-refractivity contribution in [2.45, 2.75) is 18.8 Å². The van der Waals surface area contributed by atoms with Crippen molar-refractivity contribution in [3.05, 3.63) is 40.4 Å². The van der Waals surface area contributed by atoms with Crippen molar-refractivity contribution in [2.75, 3.05) is 0 Å². The number of carbonyl (C=O) groups is 3. The Balaban J connectivity index is 1.99. The molecular weight excluding hydrogens is 377 g/mol. The lowest BCUT2D eigenvalue weighted by atomic mass is 10.0. The summed E-state index contributed by atoms with van der Waals surface area (Å²) >= 11 is 0.820. The number of amides is 1. The number of fused-ring (bicyclic) bond motifs is 1. The van der Waals surface area contributed by atoms with Crippen LogP contribution in [0, 0.1) is 0 Å². The van der Waals surface area contributed by atoms with Crippen LogP contribution in [0.1, 0.15) is 20.9 Å². The maximum absolute atomic E-state index is 12.6. The van der Waals surface area contributed by atoms with Gasteiger partial charge < -0.3 is 10.2 Å². The molecule has 0 spiro atoms. The van der Waals surface area contributed by atoms with E-state index < -0.39 is 42.2 Å². The standard InChI is InChI=1S/C15H9F3N2O5S/c16-15(17,18)7-3-1-6(2-4-7)12-19-8-5-20(14(24)25)9(13(22)23)10(21)11(8)26-12/h1-4,9H,5H2,(H,22,23)(H,24,25). The fourth-order valence-corrected chi connectivity index (χ4v) is 3.56. The first-order chi connectivity index (χ1) is 12.1. The van der Waals surface area contributed by atoms with Gasteiger partial charge in [0.15, 0.2) is 6.04 Å². The second-order valence-electron chi connectivity index (χ2n) is 5.39. The second-order valence-corrected chi connectivity index (χ2v) is 6.38. The zero-order valence-corrected chi connectivity index (χ0v) is 13.5. The van der Waals surface area contributed by atoms with Gasteiger partial charge in [0, 0.05) is 5.56 Å². The van der Waals surface area contributed by atoms with Gasteiger partial charge in [0.2, 0.25) is 5.78 Å². The number of alkyl halides is 3. The quantitative estimate of drug-likeness (QED) is 0.769. The van der Waals surface area contributed by atoms with Crippen molar-refractivity contribution in [1.82, 2.24) is 9.88 Å². The summed E-state index contributed by atoms with van der Waals surface area (Å²) in [5.74, 6) is -2.52. The third kappa shape index (κ3) is 3.01. The van der Waals surface area contributed by atoms with E-state index in [1.54, 1.807) is 0 Å². The van der Waals surface area contributed by atoms with Crippen LogP contribution in [0.25, 0.3) is 10.6 Å². The number of nitrogens with zero attached hydrogens (tertiary/aromatic N) is 2. The molecule has 1 amide bonds. The van der Waals surface area contributed by atoms with E-state index in [2.05, 4.69) is 4.98 Å². The Bertz CT molecular complexity index is 907. The van der Waals surface area contributed by atoms with Gasteiger partial charge >= 0.3 is 18.2 Å². The Morgan fingerprint density at radius 2 is 1.81 bits per heavy atom. The van der Waals surface area contributed by atoms with E-state index in [1.807, 2.05) is 0 Å². The Labute approximate surface area is 147 Å². The maximum Gasteiger partial charge on any atom is 0.416 e. The van der Waals surface area contributed by atoms with Gasteiger partial charge in [-0.15, -0.1) is 11.3 Å². The van der Waals surface area contributed by atoms with Gasteiger partial charge in [-0.05, 0) is 12.1 Å². The monoisotopic (exact) mass is 386 g/mol. The van der Waals surface area contributed by atoms with E-state index in [0.717, 1.165) is 23.5 Å². The molecule has 1 unspecified atom stereocenters. The van der Waals surface area contributed by atoms with Gasteiger partial charge in [0.25, 0.3) is 0 Å². The topological polar surface area (TPSA) is 108 Å². The molecule has 0 aliphatic carbocycles. The molecule has 136 valence electrons. The van der Waals surface area contributed by atoms with Crippen molar-refractivity contribution in [1.29, 1.82) is 0 Å². The zero-order valence-electron chi connectivity index (χ0n) is 12.6. The first-order valence-electron chi connectivity index (χ1n) is 7.03. The smallest absolute Gasteiger partial charge is 0.416 e. The van der Waals surface area contributed by atoms with Gasteiger partial charge in [-0.1, -0.05) is 12.1 Å². The summed E-state index contributed by atoms with van der Waals surface area (Å²) in [7, 11) is 0. The van der Waals surface area contributed by atoms with Crippen LogP contribution >= 0.6 is 11.3 Å². The van der Waals surface area contributed by atoms with Crippen LogP contribution in [0.15, 0.2) is 24.3 Å². The van der Waals surface area contributed by atoms with E-state index in [0.29, 0.717) is 10.5 Å². The first-order valence-corrected chi connectivity index (χ1v) is 7.85. The summed E-state index contributed by atoms with van der Waals surface area (Å²) in [6.07, 6.45) is -6.08. The lowest BCUT2D eigenvalue weighted by Crippen LogP contribution is -2.51. The minimum atomic E-state index is -4.49. The van der Waals surface area contributed by atoms with Crippen LogP contribution in [-0.2, 0) is 17.5 Å². The van der Waals surface area contributed by atoms with Crippen LogP contribution < -0.4 is 0 Å². The minimum absolute atomic E-state index is 0.00945. The number of hydrogen-bond donors (Lipinski definition) is 2. The molecule has 11 heteroatoms. The van der Waals surface area contributed by atoms with Crippen molar-refractivity contribution in [2.24, 2.45) is 0 Å². The van der Waals surface area contributed by atoms with Gasteiger partial charge in [-0.25, -0.2) is 14.6 Å². The number of aliphatic carboxylic acids is 1. The highest BCUT2D eigenvalue weighted by atomic mass is 32.1. The lowest BCUT2D eigenvalue weighted by Gasteiger charge is -2.28. The zero-order chi connectivity index (χ0) is 19.2. The summed E-state index contributed by atoms with van der Waals surface area (Å²) in [4.78, 5) is 39.4. The van der Waals surface area contributed by atoms with E-state index >= 15 is 0 Å². The molecule has 1 aromatic heterocycles. The number of halogens is 3. The Hall–Kier alpha value is -2.95. The molecule has 26 heavy (non-hydrogen) atoms. The molecular formula is C15H9F3N2O5S. The Morgan fingerprint density at radius 1 is 1.19 bits per heavy atom. The fourth-order valence-electron chi connectivity index (χ4n) is 2.52. The van der Waals surface area contributed by atoms with Gasteiger partial charge in [0.05, 0.1) is 22.7 Å². The van der Waals surface area contributed by atoms with Gasteiger partial charge in [-0.2, -0.15) is 13.2 Å². The average molecular weight is 386 g/mol. The predicted molar refractivity (Wildman–Crippen MR) is 81.9 cm³/mol. The molecule has 1 atom stereocenters. The van der Waals surface area contributed by atoms with Crippen LogP contribution in [0.2, 0.25) is 0 Å². The summed E-state index contributed by atoms with van der Waals surface area (Å²) < 4.78 is 37.9. The number of rotatable bonds is 2. The molecule has 3 rings (SSSR count). The number of carboxylic acid groups (broad SMARTS) is 2. The number of hydrogen-bond acceptors (Lipinski definition) is 5. The Morgan fingerprint density at radius 3 is 2.31 bits per heavy atom. The molecule has 2 N–H and O–H groups in total. The lowest BCUT2D eigenvalue weighted by molar-refractivity contribution is -0.141. The molecule has 0 fully saturated rings. The second kappa shape index (κ2) is 6.09. The van der Waals surface area contributed by atoms with E-state index in [9.17, 15) is 27.6 Å². The number of ketones is 1. The van der Waals surface area contributed by atoms with Gasteiger partial charge in [-0.3, -0.25) is 9.69 Å². The number of Topliss-reactive ketones (excluding diaryl/α,β-unsaturated/α-hetero) is 1. The molecule has 1 aromatic carbocycles. The van der Waals surface area contributed by atoms with Crippen molar-refractivity contribution >= 4 is 29.2 Å². The third-order valence-electron chi connectivity index (χ3n) is 3.74. The van der Waals surface area contributed by atoms with Crippen molar-refractivity contribution in [3.8, 4) is 10.6 Å². The number of carbonyl (C=O) groups excluding carboxylic acids is 1. The molecule has 7 nitrogen and oxygen atoms in total. The largest absolute Gasteiger partial charge is 0.479 e. The first kappa shape index (κ1) is 17.9. The summed E-state index contributed by atoms with van der Waals surface area (Å²) in [5.41, 5.74) is -0.463. The normalized spacial score (nSPS) is 17.1. The van der Waals surface area contributed by atoms with Crippen LogP contribution in [-0.4, -0.2) is 44.0 Å². The maximum atomic E-state index is 12.6. The van der Waals surface area contributed by atoms with E-state index in [-0.39, 0.29) is 15.6 Å². The Kier molecular flexibility index (Phi) is 4.18. The molecule has 1 aliphatic heterocycles. The SMILES string of the molecule is O=C(O)C1C(=O)c2sc(-c3ccc(C(F)(F)F)cc3)nc2CN1C(=O)O. The fraction of sp³-hybridized carbons (Fsp3) is 0.200. The van der Waals surface area contributed by atoms with Gasteiger partial charge in [0.1, 0.15) is 5.01 Å². The highest BCUT2D eigenvalue weighted by molar-refractivity contribution is 7.17. The van der Waals surface area contributed by atoms with E-state index in [1.165, 1.54) is 12.1 Å². The average Bonchev–Trinajstić information content (AvgIpc) is 2.98. The number of carboxylic acids is 1. The highest BCUT2D eigenvalue weighted by Gasteiger charge is 2.43. The molecule has 0 saturated heterocycles. The number of aromatic nitrogens is 1. The van der Waals surface area contributed by atoms with Crippen LogP contribution in [0.4, 0.5) is 18.0 Å². The summed E-state index contributed by atoms with van der Waals surface area (Å²) in [6, 6.07) is 2.21. The summed E-state index contributed by atoms with van der Waals surface area (Å²) in [5, 5.41) is 18.4. The molecule has 2 heterocycles. The highest BCUT2D eigenvalue weighted by Crippen LogP contribution is 2.35. The number of benzene rings is 1. The number of thiazole rings is 1. The molecule has 2 aromatic rings. The van der Waals surface area contributed by atoms with Crippen molar-refractivity contribution in [3.63, 3.8) is 0 Å². The van der Waals surface area contributed by atoms with Crippen LogP contribution in [0.5, 0.6) is 0 Å². The predicted octanol–water partition coefficient (Wildman–Crippen LogP) is 2.96.